The first-order valence-corrected chi connectivity index (χ1v) is 6.04. The Balaban J connectivity index is 5.80. The molecule has 0 radical (unpaired) electrons. The monoisotopic (exact) mass is 228 g/mol. The Morgan fingerprint density at radius 1 is 0.941 bits per heavy atom. The van der Waals surface area contributed by atoms with Crippen molar-refractivity contribution >= 4 is 0 Å². The van der Waals surface area contributed by atoms with Gasteiger partial charge in [0.05, 0.1) is 0 Å². The van der Waals surface area contributed by atoms with Crippen molar-refractivity contribution in [3.63, 3.8) is 0 Å². The second kappa shape index (κ2) is 8.58. The van der Waals surface area contributed by atoms with Gasteiger partial charge in [0.15, 0.2) is 0 Å². The number of rotatable bonds is 5. The van der Waals surface area contributed by atoms with Gasteiger partial charge in [0.1, 0.15) is 0 Å². The van der Waals surface area contributed by atoms with E-state index in [-0.39, 0.29) is 0 Å². The van der Waals surface area contributed by atoms with Crippen molar-refractivity contribution in [2.45, 2.75) is 34.6 Å². The second-order valence-electron chi connectivity index (χ2n) is 3.87. The van der Waals surface area contributed by atoms with Crippen LogP contribution in [-0.4, -0.2) is 0 Å². The minimum Gasteiger partial charge on any atom is -0.0990 e. The largest absolute Gasteiger partial charge is 0.0990 e. The molecule has 0 saturated carbocycles. The Hall–Kier alpha value is -1.56. The van der Waals surface area contributed by atoms with Crippen LogP contribution in [0.25, 0.3) is 0 Å². The lowest BCUT2D eigenvalue weighted by molar-refractivity contribution is 1.27. The van der Waals surface area contributed by atoms with Gasteiger partial charge in [-0.25, -0.2) is 0 Å². The maximum absolute atomic E-state index is 3.78. The summed E-state index contributed by atoms with van der Waals surface area (Å²) < 4.78 is 0. The molecule has 0 aromatic rings. The Labute approximate surface area is 106 Å². The average molecular weight is 228 g/mol. The van der Waals surface area contributed by atoms with E-state index in [0.717, 1.165) is 0 Å². The van der Waals surface area contributed by atoms with E-state index in [2.05, 4.69) is 57.7 Å². The van der Waals surface area contributed by atoms with Crippen LogP contribution in [0.3, 0.4) is 0 Å². The van der Waals surface area contributed by atoms with Crippen LogP contribution >= 0.6 is 0 Å². The number of allylic oxidation sites excluding steroid dienone is 11. The molecule has 0 aromatic heterocycles. The molecule has 92 valence electrons. The van der Waals surface area contributed by atoms with Gasteiger partial charge in [-0.2, -0.15) is 0 Å². The summed E-state index contributed by atoms with van der Waals surface area (Å²) in [6, 6.07) is 0. The summed E-state index contributed by atoms with van der Waals surface area (Å²) in [4.78, 5) is 0. The first-order chi connectivity index (χ1) is 8.12. The molecule has 0 spiro atoms. The Kier molecular flexibility index (Phi) is 7.79. The van der Waals surface area contributed by atoms with E-state index in [4.69, 9.17) is 0 Å². The zero-order valence-electron chi connectivity index (χ0n) is 11.7. The normalized spacial score (nSPS) is 15.6. The van der Waals surface area contributed by atoms with Gasteiger partial charge in [-0.3, -0.25) is 0 Å². The van der Waals surface area contributed by atoms with Gasteiger partial charge in [0, 0.05) is 0 Å². The van der Waals surface area contributed by atoms with Gasteiger partial charge in [-0.1, -0.05) is 54.7 Å². The summed E-state index contributed by atoms with van der Waals surface area (Å²) in [6.07, 6.45) is 14.4. The predicted molar refractivity (Wildman–Crippen MR) is 80.0 cm³/mol. The van der Waals surface area contributed by atoms with Crippen LogP contribution in [0.1, 0.15) is 34.6 Å². The minimum absolute atomic E-state index is 1.19. The lowest BCUT2D eigenvalue weighted by Gasteiger charge is -2.10. The summed E-state index contributed by atoms with van der Waals surface area (Å²) >= 11 is 0. The maximum atomic E-state index is 3.78. The topological polar surface area (TPSA) is 0 Å². The van der Waals surface area contributed by atoms with Gasteiger partial charge in [-0.05, 0) is 51.3 Å². The lowest BCUT2D eigenvalue weighted by atomic mass is 9.95. The Morgan fingerprint density at radius 2 is 1.53 bits per heavy atom. The molecule has 0 unspecified atom stereocenters. The smallest absolute Gasteiger partial charge is 0.0156 e. The molecule has 0 heteroatoms. The molecule has 0 aliphatic carbocycles. The van der Waals surface area contributed by atoms with Crippen molar-refractivity contribution in [1.82, 2.24) is 0 Å². The van der Waals surface area contributed by atoms with E-state index in [0.29, 0.717) is 0 Å². The van der Waals surface area contributed by atoms with E-state index in [1.807, 2.05) is 26.0 Å². The van der Waals surface area contributed by atoms with Crippen LogP contribution in [0.4, 0.5) is 0 Å². The van der Waals surface area contributed by atoms with Crippen LogP contribution in [0.2, 0.25) is 0 Å². The third-order valence-corrected chi connectivity index (χ3v) is 2.72. The maximum Gasteiger partial charge on any atom is -0.0156 e. The van der Waals surface area contributed by atoms with Gasteiger partial charge >= 0.3 is 0 Å². The highest BCUT2D eigenvalue weighted by Gasteiger charge is 2.04. The molecule has 0 atom stereocenters. The molecule has 0 aliphatic rings. The summed E-state index contributed by atoms with van der Waals surface area (Å²) in [6.45, 7) is 14.2. The van der Waals surface area contributed by atoms with E-state index in [1.165, 1.54) is 22.3 Å². The summed E-state index contributed by atoms with van der Waals surface area (Å²) in [5.74, 6) is 0. The highest BCUT2D eigenvalue weighted by molar-refractivity contribution is 5.54. The number of hydrogen-bond donors (Lipinski definition) is 0. The van der Waals surface area contributed by atoms with Crippen molar-refractivity contribution in [3.8, 4) is 0 Å². The fourth-order valence-electron chi connectivity index (χ4n) is 1.57. The van der Waals surface area contributed by atoms with Crippen molar-refractivity contribution in [3.05, 3.63) is 71.4 Å². The summed E-state index contributed by atoms with van der Waals surface area (Å²) in [5.41, 5.74) is 5.05. The zero-order valence-corrected chi connectivity index (χ0v) is 11.7. The van der Waals surface area contributed by atoms with Crippen molar-refractivity contribution in [1.29, 1.82) is 0 Å². The van der Waals surface area contributed by atoms with Crippen LogP contribution in [0.5, 0.6) is 0 Å². The van der Waals surface area contributed by atoms with Crippen LogP contribution in [0.15, 0.2) is 71.4 Å². The lowest BCUT2D eigenvalue weighted by Crippen LogP contribution is -1.91. The standard InChI is InChI=1S/C17H24/c1-7-11-16(12-8-2)17(13-9-3)15(6)14(5)10-4/h7-13H,1H2,2-6H3/b12-8-,13-9-,14-10-,16-11+,17-15-. The first-order valence-electron chi connectivity index (χ1n) is 6.04. The quantitative estimate of drug-likeness (QED) is 0.542. The SMILES string of the molecule is C=C/C=C(\C=C/C)C(/C=C\C)=C(C)\C(C)=C/C. The molecule has 17 heavy (non-hydrogen) atoms. The zero-order chi connectivity index (χ0) is 13.3. The Morgan fingerprint density at radius 3 is 1.94 bits per heavy atom. The molecule has 0 saturated heterocycles. The van der Waals surface area contributed by atoms with Crippen molar-refractivity contribution < 1.29 is 0 Å². The molecule has 0 fully saturated rings. The van der Waals surface area contributed by atoms with Gasteiger partial charge in [-0.15, -0.1) is 0 Å². The molecule has 0 aliphatic heterocycles. The molecular weight excluding hydrogens is 204 g/mol. The predicted octanol–water partition coefficient (Wildman–Crippen LogP) is 5.53. The van der Waals surface area contributed by atoms with Crippen LogP contribution in [-0.2, 0) is 0 Å². The van der Waals surface area contributed by atoms with E-state index in [1.54, 1.807) is 0 Å². The van der Waals surface area contributed by atoms with Crippen molar-refractivity contribution in [2.24, 2.45) is 0 Å². The fourth-order valence-corrected chi connectivity index (χ4v) is 1.57. The molecule has 0 heterocycles. The van der Waals surface area contributed by atoms with E-state index >= 15 is 0 Å². The third-order valence-electron chi connectivity index (χ3n) is 2.72. The Bertz CT molecular complexity index is 396. The van der Waals surface area contributed by atoms with Crippen LogP contribution < -0.4 is 0 Å². The van der Waals surface area contributed by atoms with Gasteiger partial charge in [0.2, 0.25) is 0 Å². The molecule has 0 aromatic carbocycles. The number of hydrogen-bond acceptors (Lipinski definition) is 0. The molecular formula is C17H24. The van der Waals surface area contributed by atoms with E-state index < -0.39 is 0 Å². The molecule has 0 bridgehead atoms. The van der Waals surface area contributed by atoms with Crippen molar-refractivity contribution in [2.75, 3.05) is 0 Å². The third kappa shape index (κ3) is 4.86. The highest BCUT2D eigenvalue weighted by atomic mass is 14.1. The average Bonchev–Trinajstić information content (AvgIpc) is 2.34. The van der Waals surface area contributed by atoms with Gasteiger partial charge < -0.3 is 0 Å². The summed E-state index contributed by atoms with van der Waals surface area (Å²) in [5, 5.41) is 0. The van der Waals surface area contributed by atoms with Gasteiger partial charge in [0.25, 0.3) is 0 Å². The molecule has 0 rings (SSSR count). The molecule has 0 N–H and O–H groups in total. The fraction of sp³-hybridized carbons (Fsp3) is 0.294. The molecule has 0 amide bonds. The van der Waals surface area contributed by atoms with E-state index in [9.17, 15) is 0 Å². The molecule has 0 nitrogen and oxygen atoms in total. The summed E-state index contributed by atoms with van der Waals surface area (Å²) in [7, 11) is 0. The second-order valence-corrected chi connectivity index (χ2v) is 3.87. The minimum atomic E-state index is 1.19. The first kappa shape index (κ1) is 15.4. The van der Waals surface area contributed by atoms with Crippen LogP contribution in [0, 0.1) is 0 Å². The highest BCUT2D eigenvalue weighted by Crippen LogP contribution is 2.23.